The van der Waals surface area contributed by atoms with Crippen molar-refractivity contribution < 1.29 is 19.0 Å². The van der Waals surface area contributed by atoms with Crippen LogP contribution in [0.2, 0.25) is 0 Å². The molecule has 116 valence electrons. The van der Waals surface area contributed by atoms with Crippen molar-refractivity contribution in [2.45, 2.75) is 44.6 Å². The Balaban J connectivity index is 2.38. The number of rotatable bonds is 5. The molecule has 1 aliphatic rings. The molecule has 0 bridgehead atoms. The molecule has 0 saturated heterocycles. The Kier molecular flexibility index (Phi) is 4.94. The molecule has 0 aliphatic heterocycles. The van der Waals surface area contributed by atoms with Gasteiger partial charge in [0.2, 0.25) is 0 Å². The summed E-state index contributed by atoms with van der Waals surface area (Å²) in [6.07, 6.45) is 4.51. The first-order valence-corrected chi connectivity index (χ1v) is 7.29. The summed E-state index contributed by atoms with van der Waals surface area (Å²) in [4.78, 5) is 11.8. The largest absolute Gasteiger partial charge is 0.494 e. The number of methoxy groups -OCH3 is 2. The summed E-state index contributed by atoms with van der Waals surface area (Å²) in [7, 11) is 2.94. The van der Waals surface area contributed by atoms with Crippen LogP contribution in [0, 0.1) is 0 Å². The molecule has 0 spiro atoms. The minimum absolute atomic E-state index is 0.156. The maximum Gasteiger partial charge on any atom is 0.312 e. The van der Waals surface area contributed by atoms with E-state index in [1.165, 1.54) is 7.11 Å². The van der Waals surface area contributed by atoms with Crippen LogP contribution in [0.15, 0.2) is 12.1 Å². The molecular weight excluding hydrogens is 270 g/mol. The first kappa shape index (κ1) is 15.5. The van der Waals surface area contributed by atoms with E-state index in [1.807, 2.05) is 6.07 Å². The molecule has 21 heavy (non-hydrogen) atoms. The van der Waals surface area contributed by atoms with Crippen LogP contribution in [0.25, 0.3) is 0 Å². The lowest BCUT2D eigenvalue weighted by Crippen LogP contribution is -2.17. The highest BCUT2D eigenvalue weighted by molar-refractivity contribution is 5.81. The number of esters is 1. The lowest BCUT2D eigenvalue weighted by atomic mass is 9.99. The molecule has 5 heteroatoms. The van der Waals surface area contributed by atoms with Gasteiger partial charge in [-0.05, 0) is 38.7 Å². The van der Waals surface area contributed by atoms with E-state index >= 15 is 0 Å². The van der Waals surface area contributed by atoms with Gasteiger partial charge in [0.15, 0.2) is 0 Å². The number of benzene rings is 1. The van der Waals surface area contributed by atoms with Gasteiger partial charge in [0.1, 0.15) is 17.2 Å². The summed E-state index contributed by atoms with van der Waals surface area (Å²) in [5.74, 6) is 0.374. The number of hydrogen-bond donors (Lipinski definition) is 1. The van der Waals surface area contributed by atoms with Crippen LogP contribution in [-0.2, 0) is 9.53 Å². The number of carbonyl (C=O) groups is 1. The van der Waals surface area contributed by atoms with Gasteiger partial charge in [0, 0.05) is 5.56 Å². The third kappa shape index (κ3) is 3.23. The van der Waals surface area contributed by atoms with Crippen molar-refractivity contribution in [1.29, 1.82) is 0 Å². The van der Waals surface area contributed by atoms with Crippen LogP contribution >= 0.6 is 0 Å². The van der Waals surface area contributed by atoms with Crippen LogP contribution in [0.4, 0.5) is 5.69 Å². The maximum absolute atomic E-state index is 11.8. The third-order valence-corrected chi connectivity index (χ3v) is 4.01. The second-order valence-electron chi connectivity index (χ2n) is 5.37. The minimum Gasteiger partial charge on any atom is -0.494 e. The molecule has 2 N–H and O–H groups in total. The van der Waals surface area contributed by atoms with Gasteiger partial charge in [-0.1, -0.05) is 6.07 Å². The van der Waals surface area contributed by atoms with Crippen molar-refractivity contribution in [1.82, 2.24) is 0 Å². The summed E-state index contributed by atoms with van der Waals surface area (Å²) in [5, 5.41) is 0. The second-order valence-corrected chi connectivity index (χ2v) is 5.37. The summed E-state index contributed by atoms with van der Waals surface area (Å²) in [6.45, 7) is 1.79. The normalized spacial score (nSPS) is 16.5. The monoisotopic (exact) mass is 293 g/mol. The quantitative estimate of drug-likeness (QED) is 0.667. The maximum atomic E-state index is 11.8. The Labute approximate surface area is 125 Å². The standard InChI is InChI=1S/C16H23NO4/c1-10(16(18)20-3)12-8-9-13(19-2)14(17)15(12)21-11-6-4-5-7-11/h8-11H,4-7,17H2,1-3H3. The highest BCUT2D eigenvalue weighted by Gasteiger charge is 2.26. The number of anilines is 1. The first-order valence-electron chi connectivity index (χ1n) is 7.29. The topological polar surface area (TPSA) is 70.8 Å². The number of nitrogen functional groups attached to an aromatic ring is 1. The molecular formula is C16H23NO4. The zero-order valence-electron chi connectivity index (χ0n) is 12.8. The van der Waals surface area contributed by atoms with Crippen molar-refractivity contribution in [2.75, 3.05) is 20.0 Å². The van der Waals surface area contributed by atoms with E-state index in [4.69, 9.17) is 19.9 Å². The van der Waals surface area contributed by atoms with E-state index in [9.17, 15) is 4.79 Å². The average Bonchev–Trinajstić information content (AvgIpc) is 3.00. The Morgan fingerprint density at radius 1 is 1.29 bits per heavy atom. The smallest absolute Gasteiger partial charge is 0.312 e. The van der Waals surface area contributed by atoms with Gasteiger partial charge in [-0.15, -0.1) is 0 Å². The van der Waals surface area contributed by atoms with E-state index in [2.05, 4.69) is 0 Å². The molecule has 5 nitrogen and oxygen atoms in total. The molecule has 1 aromatic rings. The molecule has 0 amide bonds. The summed E-state index contributed by atoms with van der Waals surface area (Å²) in [5.41, 5.74) is 7.33. The zero-order chi connectivity index (χ0) is 15.4. The third-order valence-electron chi connectivity index (χ3n) is 4.01. The van der Waals surface area contributed by atoms with Crippen molar-refractivity contribution >= 4 is 11.7 Å². The van der Waals surface area contributed by atoms with Crippen molar-refractivity contribution in [3.05, 3.63) is 17.7 Å². The Morgan fingerprint density at radius 2 is 1.95 bits per heavy atom. The van der Waals surface area contributed by atoms with Crippen molar-refractivity contribution in [3.63, 3.8) is 0 Å². The van der Waals surface area contributed by atoms with Gasteiger partial charge in [0.05, 0.1) is 26.2 Å². The number of ether oxygens (including phenoxy) is 3. The van der Waals surface area contributed by atoms with E-state index in [0.717, 1.165) is 31.2 Å². The molecule has 0 radical (unpaired) electrons. The molecule has 1 fully saturated rings. The van der Waals surface area contributed by atoms with Crippen LogP contribution in [0.5, 0.6) is 11.5 Å². The fourth-order valence-corrected chi connectivity index (χ4v) is 2.73. The van der Waals surface area contributed by atoms with Crippen LogP contribution in [0.3, 0.4) is 0 Å². The van der Waals surface area contributed by atoms with Gasteiger partial charge < -0.3 is 19.9 Å². The predicted molar refractivity (Wildman–Crippen MR) is 80.7 cm³/mol. The van der Waals surface area contributed by atoms with Gasteiger partial charge in [-0.25, -0.2) is 0 Å². The van der Waals surface area contributed by atoms with Crippen LogP contribution in [-0.4, -0.2) is 26.3 Å². The van der Waals surface area contributed by atoms with Crippen molar-refractivity contribution in [2.24, 2.45) is 0 Å². The highest BCUT2D eigenvalue weighted by Crippen LogP contribution is 2.40. The highest BCUT2D eigenvalue weighted by atomic mass is 16.5. The summed E-state index contributed by atoms with van der Waals surface area (Å²) < 4.78 is 16.2. The van der Waals surface area contributed by atoms with Gasteiger partial charge in [-0.2, -0.15) is 0 Å². The number of carbonyl (C=O) groups excluding carboxylic acids is 1. The fraction of sp³-hybridized carbons (Fsp3) is 0.562. The van der Waals surface area contributed by atoms with Crippen LogP contribution < -0.4 is 15.2 Å². The van der Waals surface area contributed by atoms with Gasteiger partial charge in [0.25, 0.3) is 0 Å². The van der Waals surface area contributed by atoms with Crippen molar-refractivity contribution in [3.8, 4) is 11.5 Å². The Hall–Kier alpha value is -1.91. The average molecular weight is 293 g/mol. The molecule has 0 aromatic heterocycles. The molecule has 1 unspecified atom stereocenters. The molecule has 1 aromatic carbocycles. The SMILES string of the molecule is COC(=O)C(C)c1ccc(OC)c(N)c1OC1CCCC1. The molecule has 1 atom stereocenters. The van der Waals surface area contributed by atoms with E-state index in [1.54, 1.807) is 20.1 Å². The van der Waals surface area contributed by atoms with Gasteiger partial charge in [-0.3, -0.25) is 4.79 Å². The second kappa shape index (κ2) is 6.70. The zero-order valence-corrected chi connectivity index (χ0v) is 12.8. The summed E-state index contributed by atoms with van der Waals surface area (Å²) in [6, 6.07) is 3.58. The molecule has 2 rings (SSSR count). The molecule has 1 aliphatic carbocycles. The summed E-state index contributed by atoms with van der Waals surface area (Å²) >= 11 is 0. The number of hydrogen-bond acceptors (Lipinski definition) is 5. The fourth-order valence-electron chi connectivity index (χ4n) is 2.73. The predicted octanol–water partition coefficient (Wildman–Crippen LogP) is 2.88. The lowest BCUT2D eigenvalue weighted by molar-refractivity contribution is -0.142. The lowest BCUT2D eigenvalue weighted by Gasteiger charge is -2.22. The first-order chi connectivity index (χ1) is 10.1. The molecule has 1 saturated carbocycles. The Morgan fingerprint density at radius 3 is 2.52 bits per heavy atom. The van der Waals surface area contributed by atoms with Crippen LogP contribution in [0.1, 0.15) is 44.1 Å². The Bertz CT molecular complexity index is 509. The van der Waals surface area contributed by atoms with E-state index in [-0.39, 0.29) is 12.1 Å². The number of nitrogens with two attached hydrogens (primary N) is 1. The molecule has 0 heterocycles. The van der Waals surface area contributed by atoms with E-state index in [0.29, 0.717) is 17.2 Å². The van der Waals surface area contributed by atoms with E-state index < -0.39 is 5.92 Å². The minimum atomic E-state index is -0.431. The van der Waals surface area contributed by atoms with Gasteiger partial charge >= 0.3 is 5.97 Å².